The van der Waals surface area contributed by atoms with Crippen LogP contribution in [0.15, 0.2) is 61.7 Å². The number of rotatable bonds is 31. The zero-order chi connectivity index (χ0) is 62.3. The lowest BCUT2D eigenvalue weighted by atomic mass is 10.1. The number of benzene rings is 1. The van der Waals surface area contributed by atoms with Gasteiger partial charge in [0.05, 0.1) is 31.0 Å². The van der Waals surface area contributed by atoms with Gasteiger partial charge in [0.15, 0.2) is 17.9 Å². The molecule has 3 aliphatic rings. The van der Waals surface area contributed by atoms with Crippen molar-refractivity contribution < 1.29 is 63.3 Å². The van der Waals surface area contributed by atoms with Gasteiger partial charge in [-0.3, -0.25) is 58.1 Å². The van der Waals surface area contributed by atoms with Crippen molar-refractivity contribution in [2.75, 3.05) is 63.1 Å². The molecule has 9 amide bonds. The van der Waals surface area contributed by atoms with E-state index in [0.29, 0.717) is 28.3 Å². The number of amides is 9. The lowest BCUT2D eigenvalue weighted by Gasteiger charge is -2.33. The number of thiophene rings is 1. The van der Waals surface area contributed by atoms with Crippen molar-refractivity contribution in [1.29, 1.82) is 0 Å². The van der Waals surface area contributed by atoms with Gasteiger partial charge in [0, 0.05) is 54.7 Å². The molecule has 9 atom stereocenters. The lowest BCUT2D eigenvalue weighted by Crippen LogP contribution is -2.60. The van der Waals surface area contributed by atoms with E-state index >= 15 is 0 Å². The molecule has 0 aliphatic carbocycles. The van der Waals surface area contributed by atoms with Crippen molar-refractivity contribution in [1.82, 2.24) is 41.7 Å². The van der Waals surface area contributed by atoms with E-state index in [1.807, 2.05) is 0 Å². The Hall–Kier alpha value is -8.34. The number of aliphatic carboxylic acids is 1. The number of carbonyl (C=O) groups excluding carboxylic acids is 9. The van der Waals surface area contributed by atoms with Crippen LogP contribution in [0.1, 0.15) is 62.7 Å². The molecule has 1 aromatic heterocycles. The Labute approximate surface area is 497 Å². The number of aliphatic hydroxyl groups is 2. The second kappa shape index (κ2) is 33.2. The highest BCUT2D eigenvalue weighted by atomic mass is 32.2. The summed E-state index contributed by atoms with van der Waals surface area (Å²) >= 11 is 2.41. The van der Waals surface area contributed by atoms with Crippen LogP contribution >= 0.6 is 23.1 Å². The van der Waals surface area contributed by atoms with E-state index in [1.54, 1.807) is 41.8 Å². The quantitative estimate of drug-likeness (QED) is 0.0190. The molecular weight excluding hydrogens is 1150 g/mol. The zero-order valence-electron chi connectivity index (χ0n) is 46.6. The number of guanidine groups is 3. The summed E-state index contributed by atoms with van der Waals surface area (Å²) in [6.07, 6.45) is 0.0913. The Morgan fingerprint density at radius 3 is 1.95 bits per heavy atom. The Bertz CT molecular complexity index is 2780. The predicted molar refractivity (Wildman–Crippen MR) is 313 cm³/mol. The summed E-state index contributed by atoms with van der Waals surface area (Å²) in [7, 11) is 0. The Balaban J connectivity index is 1.22. The fraction of sp³-hybridized carbons (Fsp3) is 0.549. The molecular formula is C51H77N19O13S2. The van der Waals surface area contributed by atoms with Crippen molar-refractivity contribution in [3.63, 3.8) is 0 Å². The SMILES string of the molecule is NC(N)=NCCCC(NC(=O)CN1C(=O)[C@H](NC(=O)[C@H](CO)NC(=O)[C@H](Cc2cccs2)NC(=O)CNC(=O)[C@@H]2[C@H](O)CCN2C(=O)[C@@H]2CCCN2C(=O)[C@H](CCCN=C(N)N)NC(=O)[C@H](N)CCCN=C(N)N)CSc2ccccc21)C(=O)O. The third-order valence-electron chi connectivity index (χ3n) is 13.8. The van der Waals surface area contributed by atoms with E-state index in [-0.39, 0.29) is 108 Å². The first-order valence-electron chi connectivity index (χ1n) is 27.4. The summed E-state index contributed by atoms with van der Waals surface area (Å²) in [6.45, 7) is -1.90. The number of nitrogens with one attached hydrogen (secondary N) is 6. The second-order valence-electron chi connectivity index (χ2n) is 20.1. The van der Waals surface area contributed by atoms with Crippen LogP contribution in [0, 0.1) is 0 Å². The van der Waals surface area contributed by atoms with Crippen LogP contribution in [0.2, 0.25) is 0 Å². The number of aliphatic hydroxyl groups excluding tert-OH is 2. The molecule has 1 unspecified atom stereocenters. The highest BCUT2D eigenvalue weighted by Gasteiger charge is 2.47. The van der Waals surface area contributed by atoms with Gasteiger partial charge in [0.2, 0.25) is 47.3 Å². The summed E-state index contributed by atoms with van der Waals surface area (Å²) in [4.78, 5) is 153. The minimum atomic E-state index is -1.69. The Morgan fingerprint density at radius 2 is 1.33 bits per heavy atom. The molecule has 0 saturated carbocycles. The summed E-state index contributed by atoms with van der Waals surface area (Å²) in [5.74, 6) is -9.15. The normalized spacial score (nSPS) is 19.0. The maximum atomic E-state index is 14.3. The molecule has 85 heavy (non-hydrogen) atoms. The van der Waals surface area contributed by atoms with E-state index in [2.05, 4.69) is 46.9 Å². The molecule has 2 saturated heterocycles. The van der Waals surface area contributed by atoms with Crippen LogP contribution in [-0.2, 0) is 54.4 Å². The van der Waals surface area contributed by atoms with Crippen LogP contribution in [0.25, 0.3) is 0 Å². The fourth-order valence-corrected chi connectivity index (χ4v) is 11.4. The molecule has 34 heteroatoms. The Morgan fingerprint density at radius 1 is 0.706 bits per heavy atom. The first kappa shape index (κ1) is 67.5. The molecule has 5 rings (SSSR count). The third kappa shape index (κ3) is 20.5. The van der Waals surface area contributed by atoms with Gasteiger partial charge in [-0.25, -0.2) is 4.79 Å². The molecule has 0 spiro atoms. The van der Waals surface area contributed by atoms with Crippen molar-refractivity contribution in [3.8, 4) is 0 Å². The molecule has 32 nitrogen and oxygen atoms in total. The fourth-order valence-electron chi connectivity index (χ4n) is 9.57. The van der Waals surface area contributed by atoms with E-state index in [0.717, 1.165) is 9.80 Å². The van der Waals surface area contributed by atoms with Gasteiger partial charge in [0.25, 0.3) is 5.91 Å². The molecule has 2 fully saturated rings. The number of carbonyl (C=O) groups is 10. The minimum Gasteiger partial charge on any atom is -0.480 e. The third-order valence-corrected chi connectivity index (χ3v) is 15.9. The number of aliphatic imine (C=N–C) groups is 3. The topological polar surface area (TPSA) is 533 Å². The van der Waals surface area contributed by atoms with Crippen LogP contribution < -0.4 is 76.9 Å². The van der Waals surface area contributed by atoms with Crippen LogP contribution in [0.5, 0.6) is 0 Å². The maximum absolute atomic E-state index is 14.3. The number of para-hydroxylation sites is 1. The number of hydrogen-bond acceptors (Lipinski definition) is 18. The summed E-state index contributed by atoms with van der Waals surface area (Å²) in [6, 6.07) is -0.650. The Kier molecular flexibility index (Phi) is 26.4. The van der Waals surface area contributed by atoms with E-state index in [1.165, 1.54) is 28.0 Å². The average molecular weight is 1230 g/mol. The van der Waals surface area contributed by atoms with Crippen LogP contribution in [0.3, 0.4) is 0 Å². The smallest absolute Gasteiger partial charge is 0.326 e. The predicted octanol–water partition coefficient (Wildman–Crippen LogP) is -6.51. The number of thioether (sulfide) groups is 1. The molecule has 3 aliphatic heterocycles. The van der Waals surface area contributed by atoms with Gasteiger partial charge in [-0.1, -0.05) is 18.2 Å². The largest absolute Gasteiger partial charge is 0.480 e. The average Bonchev–Trinajstić information content (AvgIpc) is 2.69. The van der Waals surface area contributed by atoms with Crippen molar-refractivity contribution in [3.05, 3.63) is 46.7 Å². The van der Waals surface area contributed by atoms with E-state index in [9.17, 15) is 63.3 Å². The van der Waals surface area contributed by atoms with Crippen LogP contribution in [-0.4, -0.2) is 215 Å². The standard InChI is InChI=1S/C51H77N19O13S2/c52-28(9-3-16-59-49(53)54)41(75)65-29(10-4-17-60-50(55)56)45(79)68-19-6-13-35(68)47(81)69-20-15-36(72)40(69)44(78)62-23-38(73)64-31(22-27-8-7-21-84-27)42(76)66-32(25-71)43(77)67-33-26-85-37-14-2-1-12-34(37)70(46(33)80)24-39(74)63-30(48(82)83)11-5-18-61-51(57)58/h1-2,7-8,12,14,21,28-33,35-36,40,71-72H,3-6,9-11,13,15-20,22-26,52H2,(H,62,78)(H,63,74)(H,64,73)(H,65,75)(H,66,76)(H,67,77)(H,82,83)(H4,53,54,59)(H4,55,56,60)(H4,57,58,61)/t28-,29+,30?,31+,32+,33-,35+,36-,40+/m1/s1. The van der Waals surface area contributed by atoms with Gasteiger partial charge < -0.3 is 102 Å². The summed E-state index contributed by atoms with van der Waals surface area (Å²) in [5.41, 5.74) is 38.8. The number of carboxylic acid groups (broad SMARTS) is 1. The highest BCUT2D eigenvalue weighted by Crippen LogP contribution is 2.34. The molecule has 1 aromatic carbocycles. The lowest BCUT2D eigenvalue weighted by molar-refractivity contribution is -0.149. The molecule has 23 N–H and O–H groups in total. The maximum Gasteiger partial charge on any atom is 0.326 e. The van der Waals surface area contributed by atoms with Gasteiger partial charge in [0.1, 0.15) is 48.8 Å². The van der Waals surface area contributed by atoms with Crippen LogP contribution in [0.4, 0.5) is 5.69 Å². The molecule has 4 heterocycles. The van der Waals surface area contributed by atoms with Crippen molar-refractivity contribution >= 4 is 106 Å². The second-order valence-corrected chi connectivity index (χ2v) is 22.2. The van der Waals surface area contributed by atoms with E-state index < -0.39 is 133 Å². The molecule has 2 aromatic rings. The van der Waals surface area contributed by atoms with Crippen molar-refractivity contribution in [2.45, 2.75) is 124 Å². The minimum absolute atomic E-state index is 0.0277. The number of anilines is 1. The highest BCUT2D eigenvalue weighted by molar-refractivity contribution is 7.99. The number of carboxylic acids is 1. The van der Waals surface area contributed by atoms with Gasteiger partial charge in [-0.15, -0.1) is 23.1 Å². The first-order chi connectivity index (χ1) is 40.5. The number of likely N-dealkylation sites (tertiary alicyclic amines) is 2. The molecule has 466 valence electrons. The van der Waals surface area contributed by atoms with Gasteiger partial charge >= 0.3 is 5.97 Å². The zero-order valence-corrected chi connectivity index (χ0v) is 48.3. The number of fused-ring (bicyclic) bond motifs is 1. The molecule has 0 radical (unpaired) electrons. The number of nitrogens with zero attached hydrogens (tertiary/aromatic N) is 6. The summed E-state index contributed by atoms with van der Waals surface area (Å²) in [5, 5.41) is 48.1. The van der Waals surface area contributed by atoms with E-state index in [4.69, 9.17) is 40.1 Å². The van der Waals surface area contributed by atoms with Gasteiger partial charge in [-0.05, 0) is 81.4 Å². The monoisotopic (exact) mass is 1230 g/mol. The van der Waals surface area contributed by atoms with Gasteiger partial charge in [-0.2, -0.15) is 0 Å². The number of hydrogen-bond donors (Lipinski definition) is 16. The first-order valence-corrected chi connectivity index (χ1v) is 29.2. The number of nitrogens with two attached hydrogens (primary N) is 7. The van der Waals surface area contributed by atoms with Crippen molar-refractivity contribution in [2.24, 2.45) is 55.1 Å². The molecule has 0 bridgehead atoms. The summed E-state index contributed by atoms with van der Waals surface area (Å²) < 4.78 is 0.